The van der Waals surface area contributed by atoms with Crippen molar-refractivity contribution in [1.82, 2.24) is 4.90 Å². The number of aliphatic hydroxyl groups is 1. The monoisotopic (exact) mass is 301 g/mol. The third-order valence-electron chi connectivity index (χ3n) is 3.59. The van der Waals surface area contributed by atoms with Crippen molar-refractivity contribution in [2.24, 2.45) is 0 Å². The first-order valence-corrected chi connectivity index (χ1v) is 6.56. The van der Waals surface area contributed by atoms with Gasteiger partial charge in [0.2, 0.25) is 0 Å². The Morgan fingerprint density at radius 2 is 1.71 bits per heavy atom. The fourth-order valence-electron chi connectivity index (χ4n) is 2.15. The van der Waals surface area contributed by atoms with Crippen LogP contribution in [-0.4, -0.2) is 41.4 Å². The van der Waals surface area contributed by atoms with Crippen LogP contribution in [0.2, 0.25) is 0 Å². The van der Waals surface area contributed by atoms with E-state index in [2.05, 4.69) is 11.8 Å². The Morgan fingerprint density at radius 3 is 2.24 bits per heavy atom. The highest BCUT2D eigenvalue weighted by atomic mass is 19.4. The molecule has 1 aliphatic rings. The minimum absolute atomic E-state index is 0.147. The Labute approximate surface area is 120 Å². The van der Waals surface area contributed by atoms with E-state index >= 15 is 0 Å². The fraction of sp³-hybridized carbons (Fsp3) is 0.467. The number of alkyl halides is 3. The van der Waals surface area contributed by atoms with E-state index < -0.39 is 11.8 Å². The Morgan fingerprint density at radius 1 is 1.14 bits per heavy atom. The second-order valence-electron chi connectivity index (χ2n) is 5.11. The lowest BCUT2D eigenvalue weighted by Crippen LogP contribution is -2.53. The molecule has 2 nitrogen and oxygen atoms in total. The maximum absolute atomic E-state index is 12.7. The number of halogens is 4. The molecule has 0 saturated carbocycles. The quantitative estimate of drug-likeness (QED) is 0.636. The molecule has 1 aromatic carbocycles. The second kappa shape index (κ2) is 6.04. The van der Waals surface area contributed by atoms with Gasteiger partial charge in [-0.05, 0) is 37.1 Å². The molecule has 0 bridgehead atoms. The average Bonchev–Trinajstić information content (AvgIpc) is 2.42. The molecular formula is C15H15F4NO. The second-order valence-corrected chi connectivity index (χ2v) is 5.11. The molecule has 6 heteroatoms. The van der Waals surface area contributed by atoms with Crippen LogP contribution in [0.1, 0.15) is 18.4 Å². The summed E-state index contributed by atoms with van der Waals surface area (Å²) in [4.78, 5) is 1.76. The summed E-state index contributed by atoms with van der Waals surface area (Å²) in [5.41, 5.74) is -1.92. The summed E-state index contributed by atoms with van der Waals surface area (Å²) < 4.78 is 50.6. The smallest absolute Gasteiger partial charge is 0.380 e. The van der Waals surface area contributed by atoms with E-state index in [1.54, 1.807) is 17.0 Å². The van der Waals surface area contributed by atoms with E-state index in [-0.39, 0.29) is 31.7 Å². The highest BCUT2D eigenvalue weighted by Crippen LogP contribution is 2.38. The van der Waals surface area contributed by atoms with Crippen LogP contribution in [0.4, 0.5) is 17.6 Å². The van der Waals surface area contributed by atoms with Gasteiger partial charge in [0.25, 0.3) is 0 Å². The standard InChI is InChI=1S/C15H15F4NO/c16-13-5-3-12(4-6-13)2-1-9-20-10-7-14(21,8-11-20)15(17,18)19/h3-6,21H,7-11H2. The molecule has 2 rings (SSSR count). The topological polar surface area (TPSA) is 23.5 Å². The molecular weight excluding hydrogens is 286 g/mol. The molecule has 21 heavy (non-hydrogen) atoms. The Kier molecular flexibility index (Phi) is 4.55. The SMILES string of the molecule is OC1(C(F)(F)F)CCN(CC#Cc2ccc(F)cc2)CC1. The van der Waals surface area contributed by atoms with Gasteiger partial charge in [0, 0.05) is 18.7 Å². The lowest BCUT2D eigenvalue weighted by atomic mass is 9.91. The number of piperidine rings is 1. The molecule has 0 atom stereocenters. The summed E-state index contributed by atoms with van der Waals surface area (Å²) in [5.74, 6) is 5.33. The molecule has 1 fully saturated rings. The van der Waals surface area contributed by atoms with Crippen molar-refractivity contribution in [1.29, 1.82) is 0 Å². The summed E-state index contributed by atoms with van der Waals surface area (Å²) in [6, 6.07) is 5.69. The van der Waals surface area contributed by atoms with Crippen molar-refractivity contribution in [2.75, 3.05) is 19.6 Å². The highest BCUT2D eigenvalue weighted by Gasteiger charge is 2.54. The van der Waals surface area contributed by atoms with Gasteiger partial charge in [-0.1, -0.05) is 11.8 Å². The van der Waals surface area contributed by atoms with Gasteiger partial charge in [0.15, 0.2) is 5.60 Å². The predicted octanol–water partition coefficient (Wildman–Crippen LogP) is 2.57. The number of likely N-dealkylation sites (tertiary alicyclic amines) is 1. The van der Waals surface area contributed by atoms with E-state index in [1.165, 1.54) is 12.1 Å². The number of hydrogen-bond acceptors (Lipinski definition) is 2. The van der Waals surface area contributed by atoms with Crippen molar-refractivity contribution < 1.29 is 22.7 Å². The highest BCUT2D eigenvalue weighted by molar-refractivity contribution is 5.34. The van der Waals surface area contributed by atoms with Gasteiger partial charge >= 0.3 is 6.18 Å². The van der Waals surface area contributed by atoms with Crippen molar-refractivity contribution in [3.8, 4) is 11.8 Å². The van der Waals surface area contributed by atoms with Gasteiger partial charge in [-0.3, -0.25) is 4.90 Å². The predicted molar refractivity (Wildman–Crippen MR) is 70.0 cm³/mol. The van der Waals surface area contributed by atoms with E-state index in [0.717, 1.165) is 0 Å². The maximum Gasteiger partial charge on any atom is 0.417 e. The van der Waals surface area contributed by atoms with Crippen LogP contribution < -0.4 is 0 Å². The van der Waals surface area contributed by atoms with Crippen LogP contribution in [0.5, 0.6) is 0 Å². The molecule has 1 saturated heterocycles. The molecule has 0 aliphatic carbocycles. The van der Waals surface area contributed by atoms with Crippen molar-refractivity contribution >= 4 is 0 Å². The molecule has 1 aliphatic heterocycles. The van der Waals surface area contributed by atoms with E-state index in [1.807, 2.05) is 0 Å². The maximum atomic E-state index is 12.7. The third-order valence-corrected chi connectivity index (χ3v) is 3.59. The molecule has 0 amide bonds. The summed E-state index contributed by atoms with van der Waals surface area (Å²) in [7, 11) is 0. The van der Waals surface area contributed by atoms with E-state index in [4.69, 9.17) is 0 Å². The number of nitrogens with zero attached hydrogens (tertiary/aromatic N) is 1. The van der Waals surface area contributed by atoms with Crippen LogP contribution in [0.3, 0.4) is 0 Å². The lowest BCUT2D eigenvalue weighted by Gasteiger charge is -2.38. The number of rotatable bonds is 1. The van der Waals surface area contributed by atoms with Crippen LogP contribution in [-0.2, 0) is 0 Å². The minimum atomic E-state index is -4.58. The summed E-state index contributed by atoms with van der Waals surface area (Å²) in [6.07, 6.45) is -5.26. The summed E-state index contributed by atoms with van der Waals surface area (Å²) in [5, 5.41) is 9.53. The number of benzene rings is 1. The first kappa shape index (κ1) is 15.8. The van der Waals surface area contributed by atoms with E-state index in [9.17, 15) is 22.7 Å². The molecule has 1 N–H and O–H groups in total. The zero-order chi connectivity index (χ0) is 15.5. The van der Waals surface area contributed by atoms with Crippen molar-refractivity contribution in [3.63, 3.8) is 0 Å². The largest absolute Gasteiger partial charge is 0.417 e. The lowest BCUT2D eigenvalue weighted by molar-refractivity contribution is -0.272. The molecule has 1 aromatic rings. The zero-order valence-electron chi connectivity index (χ0n) is 11.3. The molecule has 0 radical (unpaired) electrons. The van der Waals surface area contributed by atoms with Crippen LogP contribution in [0.15, 0.2) is 24.3 Å². The fourth-order valence-corrected chi connectivity index (χ4v) is 2.15. The third kappa shape index (κ3) is 3.96. The Hall–Kier alpha value is -1.58. The molecule has 0 aromatic heterocycles. The minimum Gasteiger partial charge on any atom is -0.380 e. The molecule has 1 heterocycles. The van der Waals surface area contributed by atoms with Crippen LogP contribution in [0, 0.1) is 17.7 Å². The van der Waals surface area contributed by atoms with Crippen molar-refractivity contribution in [3.05, 3.63) is 35.6 Å². The van der Waals surface area contributed by atoms with Crippen LogP contribution >= 0.6 is 0 Å². The van der Waals surface area contributed by atoms with Gasteiger partial charge in [-0.15, -0.1) is 0 Å². The van der Waals surface area contributed by atoms with Gasteiger partial charge in [-0.25, -0.2) is 4.39 Å². The van der Waals surface area contributed by atoms with Gasteiger partial charge in [0.1, 0.15) is 5.82 Å². The normalized spacial score (nSPS) is 18.9. The number of hydrogen-bond donors (Lipinski definition) is 1. The molecule has 114 valence electrons. The van der Waals surface area contributed by atoms with Gasteiger partial charge < -0.3 is 5.11 Å². The van der Waals surface area contributed by atoms with E-state index in [0.29, 0.717) is 12.1 Å². The first-order chi connectivity index (χ1) is 9.80. The Bertz CT molecular complexity index is 534. The Balaban J connectivity index is 1.86. The average molecular weight is 301 g/mol. The molecule has 0 unspecified atom stereocenters. The summed E-state index contributed by atoms with van der Waals surface area (Å²) in [6.45, 7) is 0.619. The van der Waals surface area contributed by atoms with Gasteiger partial charge in [0.05, 0.1) is 6.54 Å². The zero-order valence-corrected chi connectivity index (χ0v) is 11.3. The van der Waals surface area contributed by atoms with Crippen molar-refractivity contribution in [2.45, 2.75) is 24.6 Å². The van der Waals surface area contributed by atoms with Gasteiger partial charge in [-0.2, -0.15) is 13.2 Å². The summed E-state index contributed by atoms with van der Waals surface area (Å²) >= 11 is 0. The van der Waals surface area contributed by atoms with Crippen LogP contribution in [0.25, 0.3) is 0 Å². The first-order valence-electron chi connectivity index (χ1n) is 6.56. The molecule has 0 spiro atoms.